The average molecular weight is 183 g/mol. The molecule has 0 spiro atoms. The number of aliphatic hydroxyl groups excluding tert-OH is 1. The molecule has 12 heavy (non-hydrogen) atoms. The highest BCUT2D eigenvalue weighted by Crippen LogP contribution is 2.28. The van der Waals surface area contributed by atoms with Crippen molar-refractivity contribution in [1.29, 1.82) is 0 Å². The molecule has 2 nitrogen and oxygen atoms in total. The summed E-state index contributed by atoms with van der Waals surface area (Å²) in [6.45, 7) is 2.50. The molecule has 1 aliphatic heterocycles. The molecule has 2 rings (SSSR count). The molecule has 2 heterocycles. The Morgan fingerprint density at radius 3 is 2.83 bits per heavy atom. The number of hydrogen-bond acceptors (Lipinski definition) is 3. The summed E-state index contributed by atoms with van der Waals surface area (Å²) in [5, 5.41) is 11.1. The van der Waals surface area contributed by atoms with Crippen molar-refractivity contribution >= 4 is 17.0 Å². The summed E-state index contributed by atoms with van der Waals surface area (Å²) in [5.41, 5.74) is 1.25. The van der Waals surface area contributed by atoms with E-state index < -0.39 is 0 Å². The van der Waals surface area contributed by atoms with Gasteiger partial charge in [-0.25, -0.2) is 0 Å². The minimum Gasteiger partial charge on any atom is -0.391 e. The van der Waals surface area contributed by atoms with Crippen molar-refractivity contribution in [2.45, 2.75) is 19.4 Å². The molecular formula is C9H13NOS. The normalized spacial score (nSPS) is 17.2. The number of aliphatic hydroxyl groups is 1. The minimum atomic E-state index is 0.184. The van der Waals surface area contributed by atoms with Gasteiger partial charge in [-0.3, -0.25) is 0 Å². The highest BCUT2D eigenvalue weighted by Gasteiger charge is 2.15. The van der Waals surface area contributed by atoms with Crippen molar-refractivity contribution in [1.82, 2.24) is 0 Å². The van der Waals surface area contributed by atoms with Crippen LogP contribution in [0.1, 0.15) is 17.7 Å². The summed E-state index contributed by atoms with van der Waals surface area (Å²) in [5.74, 6) is 0. The van der Waals surface area contributed by atoms with Crippen molar-refractivity contribution in [2.24, 2.45) is 0 Å². The van der Waals surface area contributed by atoms with Crippen LogP contribution in [0.15, 0.2) is 11.4 Å². The van der Waals surface area contributed by atoms with Crippen molar-refractivity contribution in [3.8, 4) is 0 Å². The first-order chi connectivity index (χ1) is 5.92. The van der Waals surface area contributed by atoms with Gasteiger partial charge in [-0.2, -0.15) is 0 Å². The molecule has 0 atom stereocenters. The molecule has 1 N–H and O–H groups in total. The van der Waals surface area contributed by atoms with Crippen LogP contribution in [0.25, 0.3) is 0 Å². The van der Waals surface area contributed by atoms with Gasteiger partial charge in [0.25, 0.3) is 0 Å². The third kappa shape index (κ3) is 1.34. The monoisotopic (exact) mass is 183 g/mol. The van der Waals surface area contributed by atoms with Gasteiger partial charge >= 0.3 is 0 Å². The van der Waals surface area contributed by atoms with E-state index in [-0.39, 0.29) is 6.61 Å². The maximum atomic E-state index is 9.05. The highest BCUT2D eigenvalue weighted by molar-refractivity contribution is 7.10. The van der Waals surface area contributed by atoms with E-state index >= 15 is 0 Å². The molecule has 1 aromatic rings. The molecule has 1 aromatic heterocycles. The Kier molecular flexibility index (Phi) is 2.33. The van der Waals surface area contributed by atoms with Crippen molar-refractivity contribution in [3.05, 3.63) is 16.3 Å². The van der Waals surface area contributed by atoms with E-state index in [1.165, 1.54) is 18.5 Å². The van der Waals surface area contributed by atoms with Crippen molar-refractivity contribution in [3.63, 3.8) is 0 Å². The lowest BCUT2D eigenvalue weighted by molar-refractivity contribution is 0.286. The summed E-state index contributed by atoms with van der Waals surface area (Å²) in [6.07, 6.45) is 2.58. The molecule has 0 amide bonds. The third-order valence-electron chi connectivity index (χ3n) is 2.31. The van der Waals surface area contributed by atoms with Gasteiger partial charge in [-0.1, -0.05) is 0 Å². The summed E-state index contributed by atoms with van der Waals surface area (Å²) >= 11 is 1.64. The standard InChI is InChI=1S/C9H13NOS/c11-7-9-8(3-6-12-9)10-4-1-2-5-10/h3,6,11H,1-2,4-5,7H2. The van der Waals surface area contributed by atoms with Crippen LogP contribution >= 0.6 is 11.3 Å². The van der Waals surface area contributed by atoms with Crippen LogP contribution in [0, 0.1) is 0 Å². The van der Waals surface area contributed by atoms with Gasteiger partial charge in [0.05, 0.1) is 17.2 Å². The molecule has 1 fully saturated rings. The lowest BCUT2D eigenvalue weighted by Gasteiger charge is -2.16. The fraction of sp³-hybridized carbons (Fsp3) is 0.556. The van der Waals surface area contributed by atoms with E-state index in [1.54, 1.807) is 11.3 Å². The van der Waals surface area contributed by atoms with E-state index in [0.717, 1.165) is 18.0 Å². The van der Waals surface area contributed by atoms with Crippen LogP contribution in [0.4, 0.5) is 5.69 Å². The Hall–Kier alpha value is -0.540. The van der Waals surface area contributed by atoms with Gasteiger partial charge in [-0.15, -0.1) is 11.3 Å². The Morgan fingerprint density at radius 2 is 2.17 bits per heavy atom. The number of nitrogens with zero attached hydrogens (tertiary/aromatic N) is 1. The number of anilines is 1. The molecule has 1 aliphatic rings. The average Bonchev–Trinajstić information content (AvgIpc) is 2.74. The second-order valence-corrected chi connectivity index (χ2v) is 4.08. The SMILES string of the molecule is OCc1sccc1N1CCCC1. The zero-order valence-corrected chi connectivity index (χ0v) is 7.81. The smallest absolute Gasteiger partial charge is 0.0795 e. The number of rotatable bonds is 2. The molecule has 3 heteroatoms. The van der Waals surface area contributed by atoms with Crippen LogP contribution in [0.2, 0.25) is 0 Å². The fourth-order valence-corrected chi connectivity index (χ4v) is 2.45. The van der Waals surface area contributed by atoms with Gasteiger partial charge in [0.15, 0.2) is 0 Å². The molecule has 0 aromatic carbocycles. The maximum absolute atomic E-state index is 9.05. The Morgan fingerprint density at radius 1 is 1.42 bits per heavy atom. The number of thiophene rings is 1. The van der Waals surface area contributed by atoms with Gasteiger partial charge in [0.2, 0.25) is 0 Å². The third-order valence-corrected chi connectivity index (χ3v) is 3.21. The lowest BCUT2D eigenvalue weighted by Crippen LogP contribution is -2.17. The molecule has 0 saturated carbocycles. The summed E-state index contributed by atoms with van der Waals surface area (Å²) in [4.78, 5) is 3.47. The highest BCUT2D eigenvalue weighted by atomic mass is 32.1. The fourth-order valence-electron chi connectivity index (χ4n) is 1.69. The summed E-state index contributed by atoms with van der Waals surface area (Å²) in [6, 6.07) is 2.11. The molecule has 0 unspecified atom stereocenters. The minimum absolute atomic E-state index is 0.184. The topological polar surface area (TPSA) is 23.5 Å². The Bertz CT molecular complexity index is 253. The zero-order chi connectivity index (χ0) is 8.39. The second kappa shape index (κ2) is 3.46. The Balaban J connectivity index is 2.19. The van der Waals surface area contributed by atoms with Crippen LogP contribution in [-0.2, 0) is 6.61 Å². The Labute approximate surface area is 76.4 Å². The van der Waals surface area contributed by atoms with Crippen molar-refractivity contribution < 1.29 is 5.11 Å². The first kappa shape index (κ1) is 8.08. The molecule has 0 radical (unpaired) electrons. The molecule has 66 valence electrons. The van der Waals surface area contributed by atoms with Gasteiger partial charge < -0.3 is 10.0 Å². The summed E-state index contributed by atoms with van der Waals surface area (Å²) in [7, 11) is 0. The second-order valence-electron chi connectivity index (χ2n) is 3.08. The zero-order valence-electron chi connectivity index (χ0n) is 6.99. The van der Waals surface area contributed by atoms with Crippen molar-refractivity contribution in [2.75, 3.05) is 18.0 Å². The molecule has 0 aliphatic carbocycles. The first-order valence-electron chi connectivity index (χ1n) is 4.34. The van der Waals surface area contributed by atoms with E-state index in [4.69, 9.17) is 5.11 Å². The van der Waals surface area contributed by atoms with Crippen LogP contribution in [-0.4, -0.2) is 18.2 Å². The van der Waals surface area contributed by atoms with Crippen LogP contribution in [0.3, 0.4) is 0 Å². The van der Waals surface area contributed by atoms with E-state index in [9.17, 15) is 0 Å². The quantitative estimate of drug-likeness (QED) is 0.756. The maximum Gasteiger partial charge on any atom is 0.0795 e. The summed E-state index contributed by atoms with van der Waals surface area (Å²) < 4.78 is 0. The van der Waals surface area contributed by atoms with Crippen LogP contribution in [0.5, 0.6) is 0 Å². The van der Waals surface area contributed by atoms with E-state index in [0.29, 0.717) is 0 Å². The van der Waals surface area contributed by atoms with Gasteiger partial charge in [0, 0.05) is 13.1 Å². The largest absolute Gasteiger partial charge is 0.391 e. The predicted molar refractivity (Wildman–Crippen MR) is 51.7 cm³/mol. The molecule has 0 bridgehead atoms. The lowest BCUT2D eigenvalue weighted by atomic mass is 10.3. The first-order valence-corrected chi connectivity index (χ1v) is 5.22. The molecule has 1 saturated heterocycles. The number of hydrogen-bond donors (Lipinski definition) is 1. The predicted octanol–water partition coefficient (Wildman–Crippen LogP) is 1.84. The van der Waals surface area contributed by atoms with E-state index in [2.05, 4.69) is 16.3 Å². The van der Waals surface area contributed by atoms with Gasteiger partial charge in [-0.05, 0) is 24.3 Å². The van der Waals surface area contributed by atoms with Gasteiger partial charge in [0.1, 0.15) is 0 Å². The van der Waals surface area contributed by atoms with Crippen LogP contribution < -0.4 is 4.90 Å². The van der Waals surface area contributed by atoms with E-state index in [1.807, 2.05) is 0 Å². The molecular weight excluding hydrogens is 170 g/mol.